The number of aldehydes is 1. The van der Waals surface area contributed by atoms with Crippen molar-refractivity contribution in [2.24, 2.45) is 0 Å². The lowest BCUT2D eigenvalue weighted by atomic mass is 9.91. The number of benzene rings is 1. The Morgan fingerprint density at radius 3 is 3.00 bits per heavy atom. The molecule has 0 amide bonds. The molecule has 2 aliphatic rings. The Bertz CT molecular complexity index is 567. The lowest BCUT2D eigenvalue weighted by molar-refractivity contribution is -0.105. The van der Waals surface area contributed by atoms with Crippen molar-refractivity contribution >= 4 is 12.4 Å². The maximum Gasteiger partial charge on any atom is 0.149 e. The zero-order valence-corrected chi connectivity index (χ0v) is 10.2. The van der Waals surface area contributed by atoms with Gasteiger partial charge in [0.1, 0.15) is 23.5 Å². The smallest absolute Gasteiger partial charge is 0.149 e. The van der Waals surface area contributed by atoms with Crippen molar-refractivity contribution in [2.45, 2.75) is 19.3 Å². The molecular formula is C15H14O3. The third-order valence-electron chi connectivity index (χ3n) is 3.38. The van der Waals surface area contributed by atoms with Crippen molar-refractivity contribution in [1.82, 2.24) is 0 Å². The zero-order valence-electron chi connectivity index (χ0n) is 10.2. The van der Waals surface area contributed by atoms with Gasteiger partial charge in [0.05, 0.1) is 7.11 Å². The van der Waals surface area contributed by atoms with Gasteiger partial charge in [-0.2, -0.15) is 0 Å². The third kappa shape index (κ3) is 1.72. The summed E-state index contributed by atoms with van der Waals surface area (Å²) in [5.41, 5.74) is 2.93. The number of fused-ring (bicyclic) bond motifs is 2. The number of hydrogen-bond donors (Lipinski definition) is 0. The highest BCUT2D eigenvalue weighted by Crippen LogP contribution is 2.39. The van der Waals surface area contributed by atoms with E-state index in [9.17, 15) is 4.79 Å². The number of methoxy groups -OCH3 is 1. The fourth-order valence-corrected chi connectivity index (χ4v) is 2.43. The molecule has 0 atom stereocenters. The van der Waals surface area contributed by atoms with Crippen molar-refractivity contribution in [1.29, 1.82) is 0 Å². The molecule has 1 aliphatic carbocycles. The first kappa shape index (κ1) is 11.1. The Labute approximate surface area is 106 Å². The molecule has 3 nitrogen and oxygen atoms in total. The van der Waals surface area contributed by atoms with Crippen LogP contribution in [0.25, 0.3) is 6.08 Å². The van der Waals surface area contributed by atoms with Crippen molar-refractivity contribution < 1.29 is 14.3 Å². The number of carbonyl (C=O) groups excluding carboxylic acids is 1. The molecule has 1 aromatic carbocycles. The van der Waals surface area contributed by atoms with Crippen molar-refractivity contribution in [2.75, 3.05) is 7.11 Å². The molecule has 0 spiro atoms. The Hall–Kier alpha value is -2.03. The summed E-state index contributed by atoms with van der Waals surface area (Å²) >= 11 is 0. The van der Waals surface area contributed by atoms with Gasteiger partial charge < -0.3 is 9.47 Å². The molecule has 3 heteroatoms. The van der Waals surface area contributed by atoms with E-state index in [1.54, 1.807) is 7.11 Å². The SMILES string of the molecule is COc1ccc2c(c1)OC1=C(C=O)CCCC1=C2. The van der Waals surface area contributed by atoms with E-state index in [0.717, 1.165) is 59.5 Å². The van der Waals surface area contributed by atoms with E-state index in [1.165, 1.54) is 0 Å². The Morgan fingerprint density at radius 2 is 2.22 bits per heavy atom. The van der Waals surface area contributed by atoms with Crippen LogP contribution >= 0.6 is 0 Å². The van der Waals surface area contributed by atoms with E-state index in [4.69, 9.17) is 9.47 Å². The van der Waals surface area contributed by atoms with Gasteiger partial charge in [-0.05, 0) is 43.0 Å². The summed E-state index contributed by atoms with van der Waals surface area (Å²) in [6.07, 6.45) is 5.80. The van der Waals surface area contributed by atoms with Crippen LogP contribution in [0, 0.1) is 0 Å². The predicted octanol–water partition coefficient (Wildman–Crippen LogP) is 3.11. The maximum atomic E-state index is 11.1. The number of carbonyl (C=O) groups is 1. The summed E-state index contributed by atoms with van der Waals surface area (Å²) in [5.74, 6) is 2.26. The first-order chi connectivity index (χ1) is 8.81. The van der Waals surface area contributed by atoms with Gasteiger partial charge in [0.2, 0.25) is 0 Å². The largest absolute Gasteiger partial charge is 0.497 e. The van der Waals surface area contributed by atoms with Gasteiger partial charge in [0.25, 0.3) is 0 Å². The van der Waals surface area contributed by atoms with Gasteiger partial charge in [-0.15, -0.1) is 0 Å². The van der Waals surface area contributed by atoms with Crippen molar-refractivity contribution in [3.8, 4) is 11.5 Å². The van der Waals surface area contributed by atoms with Crippen LogP contribution in [0.4, 0.5) is 0 Å². The Kier molecular flexibility index (Phi) is 2.67. The summed E-state index contributed by atoms with van der Waals surface area (Å²) in [6.45, 7) is 0. The van der Waals surface area contributed by atoms with Crippen LogP contribution in [-0.2, 0) is 4.79 Å². The van der Waals surface area contributed by atoms with Gasteiger partial charge in [0, 0.05) is 17.2 Å². The fraction of sp³-hybridized carbons (Fsp3) is 0.267. The quantitative estimate of drug-likeness (QED) is 0.747. The molecule has 1 aromatic rings. The number of hydrogen-bond acceptors (Lipinski definition) is 3. The van der Waals surface area contributed by atoms with Crippen LogP contribution in [0.5, 0.6) is 11.5 Å². The molecular weight excluding hydrogens is 228 g/mol. The van der Waals surface area contributed by atoms with E-state index in [2.05, 4.69) is 6.08 Å². The van der Waals surface area contributed by atoms with Gasteiger partial charge in [-0.1, -0.05) is 0 Å². The van der Waals surface area contributed by atoms with E-state index < -0.39 is 0 Å². The second-order valence-electron chi connectivity index (χ2n) is 4.50. The number of ether oxygens (including phenoxy) is 2. The molecule has 0 saturated carbocycles. The predicted molar refractivity (Wildman–Crippen MR) is 68.5 cm³/mol. The fourth-order valence-electron chi connectivity index (χ4n) is 2.43. The molecule has 0 N–H and O–H groups in total. The standard InChI is InChI=1S/C15H14O3/c1-17-13-6-5-10-7-11-3-2-4-12(9-16)15(11)18-14(10)8-13/h5-9H,2-4H2,1H3. The summed E-state index contributed by atoms with van der Waals surface area (Å²) in [4.78, 5) is 11.1. The first-order valence-electron chi connectivity index (χ1n) is 6.07. The molecule has 18 heavy (non-hydrogen) atoms. The lowest BCUT2D eigenvalue weighted by Gasteiger charge is -2.25. The normalized spacial score (nSPS) is 17.3. The van der Waals surface area contributed by atoms with Gasteiger partial charge >= 0.3 is 0 Å². The van der Waals surface area contributed by atoms with Gasteiger partial charge in [-0.25, -0.2) is 0 Å². The molecule has 0 unspecified atom stereocenters. The molecule has 0 bridgehead atoms. The minimum atomic E-state index is 0.747. The zero-order chi connectivity index (χ0) is 12.5. The number of allylic oxidation sites excluding steroid dienone is 2. The second kappa shape index (κ2) is 4.33. The molecule has 1 heterocycles. The van der Waals surface area contributed by atoms with E-state index >= 15 is 0 Å². The Balaban J connectivity index is 2.11. The minimum Gasteiger partial charge on any atom is -0.497 e. The van der Waals surface area contributed by atoms with Crippen LogP contribution < -0.4 is 9.47 Å². The van der Waals surface area contributed by atoms with Crippen molar-refractivity contribution in [3.63, 3.8) is 0 Å². The van der Waals surface area contributed by atoms with Crippen LogP contribution in [-0.4, -0.2) is 13.4 Å². The topological polar surface area (TPSA) is 35.5 Å². The van der Waals surface area contributed by atoms with Gasteiger partial charge in [-0.3, -0.25) is 4.79 Å². The second-order valence-corrected chi connectivity index (χ2v) is 4.50. The minimum absolute atomic E-state index is 0.747. The molecule has 3 rings (SSSR count). The molecule has 0 saturated heterocycles. The molecule has 92 valence electrons. The maximum absolute atomic E-state index is 11.1. The van der Waals surface area contributed by atoms with E-state index in [0.29, 0.717) is 0 Å². The van der Waals surface area contributed by atoms with E-state index in [-0.39, 0.29) is 0 Å². The average Bonchev–Trinajstić information content (AvgIpc) is 2.43. The van der Waals surface area contributed by atoms with Crippen LogP contribution in [0.1, 0.15) is 24.8 Å². The molecule has 0 radical (unpaired) electrons. The highest BCUT2D eigenvalue weighted by atomic mass is 16.5. The summed E-state index contributed by atoms with van der Waals surface area (Å²) in [7, 11) is 1.63. The lowest BCUT2D eigenvalue weighted by Crippen LogP contribution is -2.13. The summed E-state index contributed by atoms with van der Waals surface area (Å²) in [5, 5.41) is 0. The van der Waals surface area contributed by atoms with Crippen LogP contribution in [0.3, 0.4) is 0 Å². The van der Waals surface area contributed by atoms with Crippen molar-refractivity contribution in [3.05, 3.63) is 40.7 Å². The molecule has 1 aliphatic heterocycles. The molecule has 0 fully saturated rings. The number of rotatable bonds is 2. The monoisotopic (exact) mass is 242 g/mol. The van der Waals surface area contributed by atoms with Crippen LogP contribution in [0.2, 0.25) is 0 Å². The van der Waals surface area contributed by atoms with Gasteiger partial charge in [0.15, 0.2) is 0 Å². The summed E-state index contributed by atoms with van der Waals surface area (Å²) < 4.78 is 11.1. The highest BCUT2D eigenvalue weighted by Gasteiger charge is 2.24. The average molecular weight is 242 g/mol. The molecule has 0 aromatic heterocycles. The van der Waals surface area contributed by atoms with Crippen LogP contribution in [0.15, 0.2) is 35.1 Å². The third-order valence-corrected chi connectivity index (χ3v) is 3.38. The Morgan fingerprint density at radius 1 is 1.33 bits per heavy atom. The first-order valence-corrected chi connectivity index (χ1v) is 6.07. The van der Waals surface area contributed by atoms with E-state index in [1.807, 2.05) is 18.2 Å². The highest BCUT2D eigenvalue weighted by molar-refractivity contribution is 5.79. The summed E-state index contributed by atoms with van der Waals surface area (Å²) in [6, 6.07) is 5.75.